The van der Waals surface area contributed by atoms with Crippen LogP contribution in [0.4, 0.5) is 0 Å². The number of allylic oxidation sites excluding steroid dienone is 1. The maximum atomic E-state index is 11.0. The second-order valence-corrected chi connectivity index (χ2v) is 9.17. The van der Waals surface area contributed by atoms with Crippen LogP contribution < -0.4 is 0 Å². The molecule has 0 amide bonds. The van der Waals surface area contributed by atoms with E-state index in [4.69, 9.17) is 0 Å². The van der Waals surface area contributed by atoms with Crippen molar-refractivity contribution >= 4 is 0 Å². The predicted octanol–water partition coefficient (Wildman–Crippen LogP) is 5.19. The van der Waals surface area contributed by atoms with Gasteiger partial charge in [-0.2, -0.15) is 0 Å². The lowest BCUT2D eigenvalue weighted by molar-refractivity contribution is -0.147. The van der Waals surface area contributed by atoms with Crippen molar-refractivity contribution in [3.8, 4) is 0 Å². The maximum Gasteiger partial charge on any atom is 0.0650 e. The van der Waals surface area contributed by atoms with Gasteiger partial charge in [-0.3, -0.25) is 0 Å². The summed E-state index contributed by atoms with van der Waals surface area (Å²) in [6.07, 6.45) is 8.62. The Morgan fingerprint density at radius 2 is 1.86 bits per heavy atom. The van der Waals surface area contributed by atoms with E-state index in [9.17, 15) is 5.11 Å². The van der Waals surface area contributed by atoms with E-state index < -0.39 is 5.60 Å². The fourth-order valence-corrected chi connectivity index (χ4v) is 6.34. The lowest BCUT2D eigenvalue weighted by Crippen LogP contribution is -2.57. The Hall–Kier alpha value is -0.300. The largest absolute Gasteiger partial charge is 0.390 e. The van der Waals surface area contributed by atoms with E-state index in [1.807, 2.05) is 0 Å². The minimum Gasteiger partial charge on any atom is -0.390 e. The van der Waals surface area contributed by atoms with Gasteiger partial charge in [-0.15, -0.1) is 0 Å². The van der Waals surface area contributed by atoms with Gasteiger partial charge in [0.05, 0.1) is 5.60 Å². The van der Waals surface area contributed by atoms with Crippen LogP contribution in [0.3, 0.4) is 0 Å². The Morgan fingerprint density at radius 3 is 2.52 bits per heavy atom. The Morgan fingerprint density at radius 1 is 1.14 bits per heavy atom. The van der Waals surface area contributed by atoms with E-state index in [2.05, 4.69) is 34.3 Å². The molecule has 0 bridgehead atoms. The number of aliphatic hydroxyl groups is 1. The second-order valence-electron chi connectivity index (χ2n) is 9.17. The third-order valence-electron chi connectivity index (χ3n) is 7.45. The Bertz CT molecular complexity index is 422. The summed E-state index contributed by atoms with van der Waals surface area (Å²) < 4.78 is 0. The summed E-state index contributed by atoms with van der Waals surface area (Å²) in [6.45, 7) is 13.9. The molecule has 0 heterocycles. The SMILES string of the molecule is C=C1CCC[C@@]2(C)CC[C@H]3[C@@H]([C@@H](C(C)C)CC[C@]3(C)O)[C@H]12. The van der Waals surface area contributed by atoms with Crippen molar-refractivity contribution in [1.29, 1.82) is 0 Å². The van der Waals surface area contributed by atoms with Crippen LogP contribution in [0.5, 0.6) is 0 Å². The zero-order chi connectivity index (χ0) is 15.4. The van der Waals surface area contributed by atoms with Crippen molar-refractivity contribution < 1.29 is 5.11 Å². The quantitative estimate of drug-likeness (QED) is 0.659. The topological polar surface area (TPSA) is 20.2 Å². The van der Waals surface area contributed by atoms with Crippen LogP contribution >= 0.6 is 0 Å². The van der Waals surface area contributed by atoms with Crippen LogP contribution in [-0.4, -0.2) is 10.7 Å². The molecule has 3 aliphatic carbocycles. The van der Waals surface area contributed by atoms with Gasteiger partial charge in [0.2, 0.25) is 0 Å². The highest BCUT2D eigenvalue weighted by atomic mass is 16.3. The van der Waals surface area contributed by atoms with Gasteiger partial charge in [-0.25, -0.2) is 0 Å². The molecule has 0 aromatic heterocycles. The Labute approximate surface area is 131 Å². The normalized spacial score (nSPS) is 50.7. The number of rotatable bonds is 1. The smallest absolute Gasteiger partial charge is 0.0650 e. The molecule has 1 nitrogen and oxygen atoms in total. The lowest BCUT2D eigenvalue weighted by atomic mass is 9.45. The average Bonchev–Trinajstić information content (AvgIpc) is 2.36. The average molecular weight is 290 g/mol. The molecule has 0 spiro atoms. The van der Waals surface area contributed by atoms with Crippen LogP contribution in [0.15, 0.2) is 12.2 Å². The van der Waals surface area contributed by atoms with Gasteiger partial charge in [0, 0.05) is 0 Å². The first-order chi connectivity index (χ1) is 9.76. The Kier molecular flexibility index (Phi) is 3.80. The zero-order valence-electron chi connectivity index (χ0n) is 14.5. The van der Waals surface area contributed by atoms with Crippen molar-refractivity contribution in [2.45, 2.75) is 78.2 Å². The minimum absolute atomic E-state index is 0.449. The maximum absolute atomic E-state index is 11.0. The van der Waals surface area contributed by atoms with Gasteiger partial charge in [-0.1, -0.05) is 32.9 Å². The molecule has 21 heavy (non-hydrogen) atoms. The highest BCUT2D eigenvalue weighted by Gasteiger charge is 2.57. The van der Waals surface area contributed by atoms with Gasteiger partial charge in [0.25, 0.3) is 0 Å². The van der Waals surface area contributed by atoms with E-state index in [-0.39, 0.29) is 0 Å². The van der Waals surface area contributed by atoms with E-state index in [1.54, 1.807) is 0 Å². The molecule has 3 aliphatic rings. The molecule has 0 saturated heterocycles. The van der Waals surface area contributed by atoms with E-state index in [1.165, 1.54) is 44.1 Å². The fourth-order valence-electron chi connectivity index (χ4n) is 6.34. The van der Waals surface area contributed by atoms with Crippen molar-refractivity contribution in [3.05, 3.63) is 12.2 Å². The van der Waals surface area contributed by atoms with Crippen LogP contribution in [0.2, 0.25) is 0 Å². The van der Waals surface area contributed by atoms with Crippen molar-refractivity contribution in [2.24, 2.45) is 35.0 Å². The summed E-state index contributed by atoms with van der Waals surface area (Å²) in [5.74, 6) is 3.32. The summed E-state index contributed by atoms with van der Waals surface area (Å²) in [6, 6.07) is 0. The first kappa shape index (κ1) is 15.6. The standard InChI is InChI=1S/C20H34O/c1-13(2)15-8-12-20(5,21)16-9-11-19(4)10-6-7-14(3)18(19)17(15)16/h13,15-18,21H,3,6-12H2,1-2,4-5H3/t15-,16+,17-,18+,19+,20+/m1/s1. The Balaban J connectivity index is 2.01. The van der Waals surface area contributed by atoms with Crippen LogP contribution in [0, 0.1) is 35.0 Å². The highest BCUT2D eigenvalue weighted by molar-refractivity contribution is 5.18. The van der Waals surface area contributed by atoms with Gasteiger partial charge in [-0.05, 0) is 86.9 Å². The summed E-state index contributed by atoms with van der Waals surface area (Å²) in [5.41, 5.74) is 1.51. The van der Waals surface area contributed by atoms with Crippen LogP contribution in [-0.2, 0) is 0 Å². The van der Waals surface area contributed by atoms with Crippen molar-refractivity contribution in [3.63, 3.8) is 0 Å². The molecule has 0 aromatic rings. The number of fused-ring (bicyclic) bond motifs is 3. The summed E-state index contributed by atoms with van der Waals surface area (Å²) in [7, 11) is 0. The molecule has 1 N–H and O–H groups in total. The minimum atomic E-state index is -0.449. The lowest BCUT2D eigenvalue weighted by Gasteiger charge is -2.61. The molecule has 0 unspecified atom stereocenters. The monoisotopic (exact) mass is 290 g/mol. The summed E-state index contributed by atoms with van der Waals surface area (Å²) >= 11 is 0. The number of hydrogen-bond donors (Lipinski definition) is 1. The predicted molar refractivity (Wildman–Crippen MR) is 89.0 cm³/mol. The van der Waals surface area contributed by atoms with E-state index in [0.29, 0.717) is 23.2 Å². The number of hydrogen-bond acceptors (Lipinski definition) is 1. The van der Waals surface area contributed by atoms with Crippen LogP contribution in [0.25, 0.3) is 0 Å². The molecular weight excluding hydrogens is 256 g/mol. The molecule has 6 atom stereocenters. The third-order valence-corrected chi connectivity index (χ3v) is 7.45. The zero-order valence-corrected chi connectivity index (χ0v) is 14.5. The van der Waals surface area contributed by atoms with Crippen LogP contribution in [0.1, 0.15) is 72.6 Å². The molecule has 0 radical (unpaired) electrons. The molecular formula is C20H34O. The molecule has 3 fully saturated rings. The fraction of sp³-hybridized carbons (Fsp3) is 0.900. The second kappa shape index (κ2) is 5.11. The molecule has 0 aromatic carbocycles. The summed E-state index contributed by atoms with van der Waals surface area (Å²) in [4.78, 5) is 0. The first-order valence-electron chi connectivity index (χ1n) is 9.16. The van der Waals surface area contributed by atoms with Gasteiger partial charge >= 0.3 is 0 Å². The third kappa shape index (κ3) is 2.40. The highest BCUT2D eigenvalue weighted by Crippen LogP contribution is 2.62. The van der Waals surface area contributed by atoms with E-state index in [0.717, 1.165) is 18.3 Å². The molecule has 3 saturated carbocycles. The first-order valence-corrected chi connectivity index (χ1v) is 9.16. The molecule has 1 heteroatoms. The summed E-state index contributed by atoms with van der Waals surface area (Å²) in [5, 5.41) is 11.0. The molecule has 0 aliphatic heterocycles. The van der Waals surface area contributed by atoms with Gasteiger partial charge in [0.15, 0.2) is 0 Å². The van der Waals surface area contributed by atoms with Crippen molar-refractivity contribution in [2.75, 3.05) is 0 Å². The van der Waals surface area contributed by atoms with Gasteiger partial charge in [0.1, 0.15) is 0 Å². The van der Waals surface area contributed by atoms with Crippen molar-refractivity contribution in [1.82, 2.24) is 0 Å². The molecule has 3 rings (SSSR count). The molecule has 120 valence electrons. The van der Waals surface area contributed by atoms with E-state index >= 15 is 0 Å². The van der Waals surface area contributed by atoms with Gasteiger partial charge < -0.3 is 5.11 Å².